The monoisotopic (exact) mass is 356 g/mol. The van der Waals surface area contributed by atoms with Crippen LogP contribution in [-0.2, 0) is 17.8 Å². The molecule has 136 valence electrons. The highest BCUT2D eigenvalue weighted by atomic mass is 19.1. The fourth-order valence-electron chi connectivity index (χ4n) is 3.06. The molecule has 6 heteroatoms. The number of hydrogen-bond donors (Lipinski definition) is 1. The normalized spacial score (nSPS) is 19.6. The van der Waals surface area contributed by atoms with E-state index in [0.29, 0.717) is 18.4 Å². The van der Waals surface area contributed by atoms with E-state index in [1.54, 1.807) is 26.2 Å². The Bertz CT molecular complexity index is 822. The van der Waals surface area contributed by atoms with Crippen LogP contribution in [0.5, 0.6) is 5.75 Å². The Balaban J connectivity index is 1.67. The number of aryl methyl sites for hydroxylation is 1. The molecule has 1 aliphatic rings. The van der Waals surface area contributed by atoms with Crippen molar-refractivity contribution in [3.05, 3.63) is 65.5 Å². The van der Waals surface area contributed by atoms with Crippen LogP contribution in [-0.4, -0.2) is 29.5 Å². The average molecular weight is 356 g/mol. The molecule has 0 aliphatic carbocycles. The summed E-state index contributed by atoms with van der Waals surface area (Å²) in [7, 11) is 1.61. The predicted octanol–water partition coefficient (Wildman–Crippen LogP) is 3.28. The molecule has 0 radical (unpaired) electrons. The Morgan fingerprint density at radius 1 is 1.12 bits per heavy atom. The second-order valence-electron chi connectivity index (χ2n) is 6.63. The Morgan fingerprint density at radius 3 is 2.50 bits per heavy atom. The number of imide groups is 1. The number of nitrogens with one attached hydrogen (secondary N) is 1. The molecule has 1 atom stereocenters. The first-order valence-electron chi connectivity index (χ1n) is 8.43. The number of carbonyl (C=O) groups is 2. The van der Waals surface area contributed by atoms with E-state index in [0.717, 1.165) is 16.2 Å². The second kappa shape index (κ2) is 7.15. The fourth-order valence-corrected chi connectivity index (χ4v) is 3.06. The molecule has 1 fully saturated rings. The van der Waals surface area contributed by atoms with Gasteiger partial charge in [-0.2, -0.15) is 0 Å². The van der Waals surface area contributed by atoms with Gasteiger partial charge in [0.25, 0.3) is 5.91 Å². The lowest BCUT2D eigenvalue weighted by Crippen LogP contribution is -2.44. The van der Waals surface area contributed by atoms with Gasteiger partial charge < -0.3 is 10.1 Å². The number of methoxy groups -OCH3 is 1. The molecule has 1 saturated heterocycles. The molecule has 1 aliphatic heterocycles. The van der Waals surface area contributed by atoms with E-state index >= 15 is 0 Å². The minimum atomic E-state index is -0.968. The molecular formula is C20H21FN2O3. The summed E-state index contributed by atoms with van der Waals surface area (Å²) in [6, 6.07) is 13.1. The van der Waals surface area contributed by atoms with Crippen molar-refractivity contribution in [1.82, 2.24) is 10.2 Å². The van der Waals surface area contributed by atoms with Crippen molar-refractivity contribution >= 4 is 11.9 Å². The molecule has 0 unspecified atom stereocenters. The lowest BCUT2D eigenvalue weighted by atomic mass is 9.93. The van der Waals surface area contributed by atoms with Crippen LogP contribution in [0, 0.1) is 5.82 Å². The summed E-state index contributed by atoms with van der Waals surface area (Å²) in [4.78, 5) is 26.2. The van der Waals surface area contributed by atoms with E-state index in [-0.39, 0.29) is 12.5 Å². The summed E-state index contributed by atoms with van der Waals surface area (Å²) < 4.78 is 18.5. The smallest absolute Gasteiger partial charge is 0.325 e. The Labute approximate surface area is 151 Å². The lowest BCUT2D eigenvalue weighted by molar-refractivity contribution is -0.131. The molecule has 5 nitrogen and oxygen atoms in total. The van der Waals surface area contributed by atoms with Gasteiger partial charge in [-0.3, -0.25) is 9.69 Å². The van der Waals surface area contributed by atoms with Crippen LogP contribution >= 0.6 is 0 Å². The fraction of sp³-hybridized carbons (Fsp3) is 0.300. The largest absolute Gasteiger partial charge is 0.497 e. The van der Waals surface area contributed by atoms with Crippen molar-refractivity contribution in [1.29, 1.82) is 0 Å². The van der Waals surface area contributed by atoms with Gasteiger partial charge in [0.15, 0.2) is 0 Å². The second-order valence-corrected chi connectivity index (χ2v) is 6.63. The van der Waals surface area contributed by atoms with Crippen LogP contribution in [0.15, 0.2) is 48.5 Å². The molecule has 3 amide bonds. The first-order chi connectivity index (χ1) is 12.4. The number of ether oxygens (including phenoxy) is 1. The summed E-state index contributed by atoms with van der Waals surface area (Å²) in [5, 5.41) is 2.78. The maximum Gasteiger partial charge on any atom is 0.325 e. The third-order valence-corrected chi connectivity index (χ3v) is 4.65. The molecule has 0 aromatic heterocycles. The van der Waals surface area contributed by atoms with Crippen molar-refractivity contribution in [2.24, 2.45) is 0 Å². The quantitative estimate of drug-likeness (QED) is 0.808. The van der Waals surface area contributed by atoms with Crippen molar-refractivity contribution in [2.45, 2.75) is 31.8 Å². The average Bonchev–Trinajstić information content (AvgIpc) is 2.84. The molecule has 0 saturated carbocycles. The topological polar surface area (TPSA) is 58.6 Å². The zero-order chi connectivity index (χ0) is 18.7. The zero-order valence-electron chi connectivity index (χ0n) is 14.8. The van der Waals surface area contributed by atoms with E-state index in [9.17, 15) is 14.0 Å². The minimum absolute atomic E-state index is 0.0561. The Hall–Kier alpha value is -2.89. The SMILES string of the molecule is COc1ccc(CC[C@]2(C)NC(=O)N(Cc3cccc(F)c3)C2=O)cc1. The van der Waals surface area contributed by atoms with E-state index in [4.69, 9.17) is 4.74 Å². The summed E-state index contributed by atoms with van der Waals surface area (Å²) in [5.41, 5.74) is 0.662. The minimum Gasteiger partial charge on any atom is -0.497 e. The molecule has 26 heavy (non-hydrogen) atoms. The number of carbonyl (C=O) groups excluding carboxylic acids is 2. The third-order valence-electron chi connectivity index (χ3n) is 4.65. The van der Waals surface area contributed by atoms with E-state index < -0.39 is 17.4 Å². The van der Waals surface area contributed by atoms with Crippen LogP contribution in [0.1, 0.15) is 24.5 Å². The van der Waals surface area contributed by atoms with Crippen LogP contribution in [0.2, 0.25) is 0 Å². The van der Waals surface area contributed by atoms with Gasteiger partial charge in [0, 0.05) is 0 Å². The Kier molecular flexibility index (Phi) is 4.93. The number of amides is 3. The molecule has 0 bridgehead atoms. The van der Waals surface area contributed by atoms with E-state index in [2.05, 4.69) is 5.32 Å². The summed E-state index contributed by atoms with van der Waals surface area (Å²) in [5.74, 6) is 0.0866. The van der Waals surface area contributed by atoms with Crippen LogP contribution < -0.4 is 10.1 Å². The molecule has 1 heterocycles. The van der Waals surface area contributed by atoms with Crippen LogP contribution in [0.25, 0.3) is 0 Å². The molecular weight excluding hydrogens is 335 g/mol. The molecule has 1 N–H and O–H groups in total. The van der Waals surface area contributed by atoms with Crippen molar-refractivity contribution in [2.75, 3.05) is 7.11 Å². The highest BCUT2D eigenvalue weighted by molar-refractivity contribution is 6.06. The van der Waals surface area contributed by atoms with Gasteiger partial charge in [-0.05, 0) is 55.2 Å². The van der Waals surface area contributed by atoms with Gasteiger partial charge in [-0.1, -0.05) is 24.3 Å². The first kappa shape index (κ1) is 17.9. The van der Waals surface area contributed by atoms with E-state index in [1.807, 2.05) is 24.3 Å². The third kappa shape index (κ3) is 3.69. The summed E-state index contributed by atoms with van der Waals surface area (Å²) in [6.07, 6.45) is 1.11. The van der Waals surface area contributed by atoms with Gasteiger partial charge in [0.05, 0.1) is 13.7 Å². The van der Waals surface area contributed by atoms with Gasteiger partial charge in [0.1, 0.15) is 17.1 Å². The van der Waals surface area contributed by atoms with Crippen molar-refractivity contribution < 1.29 is 18.7 Å². The van der Waals surface area contributed by atoms with Crippen LogP contribution in [0.3, 0.4) is 0 Å². The number of hydrogen-bond acceptors (Lipinski definition) is 3. The van der Waals surface area contributed by atoms with E-state index in [1.165, 1.54) is 12.1 Å². The van der Waals surface area contributed by atoms with Gasteiger partial charge >= 0.3 is 6.03 Å². The standard InChI is InChI=1S/C20H21FN2O3/c1-20(11-10-14-6-8-17(26-2)9-7-14)18(24)23(19(25)22-20)13-15-4-3-5-16(21)12-15/h3-9,12H,10-11,13H2,1-2H3,(H,22,25)/t20-/m0/s1. The number of urea groups is 1. The summed E-state index contributed by atoms with van der Waals surface area (Å²) >= 11 is 0. The zero-order valence-corrected chi connectivity index (χ0v) is 14.8. The highest BCUT2D eigenvalue weighted by Gasteiger charge is 2.47. The van der Waals surface area contributed by atoms with Crippen LogP contribution in [0.4, 0.5) is 9.18 Å². The Morgan fingerprint density at radius 2 is 1.85 bits per heavy atom. The highest BCUT2D eigenvalue weighted by Crippen LogP contribution is 2.25. The molecule has 2 aromatic carbocycles. The number of benzene rings is 2. The molecule has 3 rings (SSSR count). The number of nitrogens with zero attached hydrogens (tertiary/aromatic N) is 1. The molecule has 2 aromatic rings. The lowest BCUT2D eigenvalue weighted by Gasteiger charge is -2.21. The predicted molar refractivity (Wildman–Crippen MR) is 95.2 cm³/mol. The maximum absolute atomic E-state index is 13.3. The number of halogens is 1. The molecule has 0 spiro atoms. The first-order valence-corrected chi connectivity index (χ1v) is 8.43. The maximum atomic E-state index is 13.3. The van der Waals surface area contributed by atoms with Crippen molar-refractivity contribution in [3.63, 3.8) is 0 Å². The van der Waals surface area contributed by atoms with Crippen molar-refractivity contribution in [3.8, 4) is 5.75 Å². The van der Waals surface area contributed by atoms with Gasteiger partial charge in [-0.15, -0.1) is 0 Å². The van der Waals surface area contributed by atoms with Gasteiger partial charge in [-0.25, -0.2) is 9.18 Å². The number of rotatable bonds is 6. The summed E-state index contributed by atoms with van der Waals surface area (Å²) in [6.45, 7) is 1.78. The van der Waals surface area contributed by atoms with Gasteiger partial charge in [0.2, 0.25) is 0 Å².